The predicted molar refractivity (Wildman–Crippen MR) is 117 cm³/mol. The summed E-state index contributed by atoms with van der Waals surface area (Å²) in [6.07, 6.45) is 2.57. The van der Waals surface area contributed by atoms with Crippen LogP contribution in [0.1, 0.15) is 46.5 Å². The lowest BCUT2D eigenvalue weighted by Crippen LogP contribution is -2.50. The Hall–Kier alpha value is -3.63. The van der Waals surface area contributed by atoms with Crippen LogP contribution in [0.25, 0.3) is 0 Å². The molecule has 1 aliphatic carbocycles. The third kappa shape index (κ3) is 4.76. The number of H-pyrrole nitrogens is 2. The summed E-state index contributed by atoms with van der Waals surface area (Å²) < 4.78 is 18.9. The van der Waals surface area contributed by atoms with E-state index in [2.05, 4.69) is 20.8 Å². The highest BCUT2D eigenvalue weighted by Gasteiger charge is 2.51. The minimum Gasteiger partial charge on any atom is -0.465 e. The summed E-state index contributed by atoms with van der Waals surface area (Å²) in [6.45, 7) is 1.67. The highest BCUT2D eigenvalue weighted by Crippen LogP contribution is 2.36. The Morgan fingerprint density at radius 1 is 1.21 bits per heavy atom. The van der Waals surface area contributed by atoms with E-state index in [9.17, 15) is 23.6 Å². The predicted octanol–water partition coefficient (Wildman–Crippen LogP) is 0.924. The summed E-state index contributed by atoms with van der Waals surface area (Å²) in [5, 5.41) is 10.4. The summed E-state index contributed by atoms with van der Waals surface area (Å²) in [5.41, 5.74) is -0.843. The number of benzene rings is 1. The van der Waals surface area contributed by atoms with E-state index in [1.54, 1.807) is 12.1 Å². The Bertz CT molecular complexity index is 1110. The molecule has 1 aromatic heterocycles. The Kier molecular flexibility index (Phi) is 6.21. The van der Waals surface area contributed by atoms with Gasteiger partial charge in [-0.2, -0.15) is 0 Å². The van der Waals surface area contributed by atoms with Crippen LogP contribution in [0.15, 0.2) is 29.1 Å². The van der Waals surface area contributed by atoms with Crippen molar-refractivity contribution >= 4 is 23.5 Å². The molecule has 2 amide bonds. The molecule has 1 saturated heterocycles. The maximum atomic E-state index is 14.2. The van der Waals surface area contributed by atoms with Crippen molar-refractivity contribution in [1.82, 2.24) is 20.8 Å². The van der Waals surface area contributed by atoms with E-state index >= 15 is 0 Å². The van der Waals surface area contributed by atoms with Gasteiger partial charge in [-0.3, -0.25) is 24.6 Å². The van der Waals surface area contributed by atoms with Crippen LogP contribution < -0.4 is 21.1 Å². The molecule has 11 heteroatoms. The van der Waals surface area contributed by atoms with Crippen molar-refractivity contribution in [3.05, 3.63) is 51.7 Å². The van der Waals surface area contributed by atoms with Crippen LogP contribution in [-0.2, 0) is 9.53 Å². The van der Waals surface area contributed by atoms with Gasteiger partial charge >= 0.3 is 5.97 Å². The SMILES string of the molecule is COC(=O)c1c(F)cccc1N1CCC(CNC(=O)C2(NC(=O)c3cc(=O)[nH][nH]3)CC2)CC1. The van der Waals surface area contributed by atoms with Gasteiger partial charge in [-0.05, 0) is 43.7 Å². The van der Waals surface area contributed by atoms with Gasteiger partial charge in [-0.1, -0.05) is 6.07 Å². The number of esters is 1. The van der Waals surface area contributed by atoms with E-state index in [1.807, 2.05) is 4.90 Å². The Labute approximate surface area is 188 Å². The number of ether oxygens (including phenoxy) is 1. The molecule has 2 aromatic rings. The van der Waals surface area contributed by atoms with Gasteiger partial charge in [0.2, 0.25) is 5.91 Å². The van der Waals surface area contributed by atoms with Crippen molar-refractivity contribution in [2.45, 2.75) is 31.2 Å². The number of carbonyl (C=O) groups excluding carboxylic acids is 3. The first kappa shape index (κ1) is 22.6. The third-order valence-corrected chi connectivity index (χ3v) is 6.27. The van der Waals surface area contributed by atoms with E-state index in [-0.39, 0.29) is 23.1 Å². The van der Waals surface area contributed by atoms with Gasteiger partial charge in [0.25, 0.3) is 11.5 Å². The molecule has 2 aliphatic rings. The molecular formula is C22H26FN5O5. The van der Waals surface area contributed by atoms with E-state index in [0.717, 1.165) is 18.9 Å². The van der Waals surface area contributed by atoms with Gasteiger partial charge in [-0.15, -0.1) is 0 Å². The van der Waals surface area contributed by atoms with Crippen LogP contribution in [0, 0.1) is 11.7 Å². The molecule has 0 spiro atoms. The first-order valence-electron chi connectivity index (χ1n) is 10.8. The van der Waals surface area contributed by atoms with Gasteiger partial charge in [0.1, 0.15) is 22.6 Å². The number of nitrogens with one attached hydrogen (secondary N) is 4. The lowest BCUT2D eigenvalue weighted by atomic mass is 9.95. The molecule has 4 rings (SSSR count). The Morgan fingerprint density at radius 2 is 1.94 bits per heavy atom. The minimum atomic E-state index is -0.942. The second-order valence-corrected chi connectivity index (χ2v) is 8.47. The van der Waals surface area contributed by atoms with Gasteiger partial charge in [-0.25, -0.2) is 9.18 Å². The van der Waals surface area contributed by atoms with Crippen molar-refractivity contribution in [1.29, 1.82) is 0 Å². The number of hydrogen-bond acceptors (Lipinski definition) is 6. The number of anilines is 1. The molecule has 176 valence electrons. The second kappa shape index (κ2) is 9.08. The summed E-state index contributed by atoms with van der Waals surface area (Å²) in [6, 6.07) is 5.64. The Balaban J connectivity index is 1.29. The summed E-state index contributed by atoms with van der Waals surface area (Å²) in [7, 11) is 1.22. The number of rotatable bonds is 7. The molecule has 0 atom stereocenters. The third-order valence-electron chi connectivity index (χ3n) is 6.27. The lowest BCUT2D eigenvalue weighted by Gasteiger charge is -2.34. The highest BCUT2D eigenvalue weighted by atomic mass is 19.1. The maximum absolute atomic E-state index is 14.2. The number of carbonyl (C=O) groups is 3. The molecule has 1 aromatic carbocycles. The summed E-state index contributed by atoms with van der Waals surface area (Å²) in [5.74, 6) is -1.86. The van der Waals surface area contributed by atoms with Crippen LogP contribution in [0.2, 0.25) is 0 Å². The summed E-state index contributed by atoms with van der Waals surface area (Å²) in [4.78, 5) is 50.1. The zero-order valence-electron chi connectivity index (χ0n) is 18.2. The van der Waals surface area contributed by atoms with E-state index < -0.39 is 28.8 Å². The zero-order chi connectivity index (χ0) is 23.6. The first-order valence-corrected chi connectivity index (χ1v) is 10.8. The number of amides is 2. The number of nitrogens with zero attached hydrogens (tertiary/aromatic N) is 1. The molecule has 1 saturated carbocycles. The van der Waals surface area contributed by atoms with Crippen molar-refractivity contribution in [2.75, 3.05) is 31.6 Å². The van der Waals surface area contributed by atoms with Crippen LogP contribution in [0.5, 0.6) is 0 Å². The molecule has 33 heavy (non-hydrogen) atoms. The molecule has 0 unspecified atom stereocenters. The number of piperidine rings is 1. The Morgan fingerprint density at radius 3 is 2.55 bits per heavy atom. The van der Waals surface area contributed by atoms with Crippen LogP contribution in [0.3, 0.4) is 0 Å². The molecule has 1 aliphatic heterocycles. The molecule has 0 bridgehead atoms. The molecule has 2 heterocycles. The number of aromatic nitrogens is 2. The highest BCUT2D eigenvalue weighted by molar-refractivity contribution is 5.99. The van der Waals surface area contributed by atoms with Crippen molar-refractivity contribution in [3.63, 3.8) is 0 Å². The average molecular weight is 459 g/mol. The molecule has 2 fully saturated rings. The average Bonchev–Trinajstić information content (AvgIpc) is 3.47. The standard InChI is InChI=1S/C22H26FN5O5/c1-33-20(31)18-14(23)3-2-4-16(18)28-9-5-13(6-10-28)12-24-21(32)22(7-8-22)25-19(30)15-11-17(29)27-26-15/h2-4,11,13H,5-10,12H2,1H3,(H,24,32)(H,25,30)(H2,26,27,29). The van der Waals surface area contributed by atoms with E-state index in [4.69, 9.17) is 4.74 Å². The van der Waals surface area contributed by atoms with E-state index in [0.29, 0.717) is 38.2 Å². The van der Waals surface area contributed by atoms with Gasteiger partial charge < -0.3 is 20.3 Å². The molecule has 4 N–H and O–H groups in total. The van der Waals surface area contributed by atoms with Crippen LogP contribution in [0.4, 0.5) is 10.1 Å². The van der Waals surface area contributed by atoms with E-state index in [1.165, 1.54) is 13.2 Å². The van der Waals surface area contributed by atoms with Gasteiger partial charge in [0.15, 0.2) is 0 Å². The fraction of sp³-hybridized carbons (Fsp3) is 0.455. The smallest absolute Gasteiger partial charge is 0.342 e. The largest absolute Gasteiger partial charge is 0.465 e. The van der Waals surface area contributed by atoms with Gasteiger partial charge in [0, 0.05) is 25.7 Å². The zero-order valence-corrected chi connectivity index (χ0v) is 18.2. The van der Waals surface area contributed by atoms with Crippen molar-refractivity contribution < 1.29 is 23.5 Å². The maximum Gasteiger partial charge on any atom is 0.342 e. The number of halogens is 1. The summed E-state index contributed by atoms with van der Waals surface area (Å²) >= 11 is 0. The second-order valence-electron chi connectivity index (χ2n) is 8.47. The van der Waals surface area contributed by atoms with Crippen molar-refractivity contribution in [3.8, 4) is 0 Å². The fourth-order valence-electron chi connectivity index (χ4n) is 4.14. The number of aromatic amines is 2. The fourth-order valence-corrected chi connectivity index (χ4v) is 4.14. The minimum absolute atomic E-state index is 0.0677. The number of hydrogen-bond donors (Lipinski definition) is 4. The van der Waals surface area contributed by atoms with Crippen LogP contribution >= 0.6 is 0 Å². The van der Waals surface area contributed by atoms with Crippen LogP contribution in [-0.4, -0.2) is 60.3 Å². The first-order chi connectivity index (χ1) is 15.8. The monoisotopic (exact) mass is 459 g/mol. The normalized spacial score (nSPS) is 17.3. The topological polar surface area (TPSA) is 136 Å². The van der Waals surface area contributed by atoms with Crippen molar-refractivity contribution in [2.24, 2.45) is 5.92 Å². The quantitative estimate of drug-likeness (QED) is 0.455. The number of methoxy groups -OCH3 is 1. The lowest BCUT2D eigenvalue weighted by molar-refractivity contribution is -0.124. The molecule has 10 nitrogen and oxygen atoms in total. The van der Waals surface area contributed by atoms with Gasteiger partial charge in [0.05, 0.1) is 12.8 Å². The molecular weight excluding hydrogens is 433 g/mol. The molecule has 0 radical (unpaired) electrons.